The molecule has 2 N–H and O–H groups in total. The highest BCUT2D eigenvalue weighted by molar-refractivity contribution is 5.75. The fraction of sp³-hybridized carbons (Fsp3) is 0.636. The highest BCUT2D eigenvalue weighted by atomic mass is 16.2. The van der Waals surface area contributed by atoms with Crippen LogP contribution in [0.3, 0.4) is 0 Å². The van der Waals surface area contributed by atoms with Gasteiger partial charge in [-0.15, -0.1) is 0 Å². The van der Waals surface area contributed by atoms with Gasteiger partial charge in [0.2, 0.25) is 5.91 Å². The van der Waals surface area contributed by atoms with Crippen molar-refractivity contribution in [3.05, 3.63) is 18.5 Å². The molecule has 0 saturated carbocycles. The second-order valence-corrected chi connectivity index (χ2v) is 4.14. The minimum Gasteiger partial charge on any atom is -0.354 e. The van der Waals surface area contributed by atoms with Crippen molar-refractivity contribution in [2.24, 2.45) is 0 Å². The number of nitrogens with one attached hydrogen (secondary N) is 2. The Morgan fingerprint density at radius 3 is 3.25 bits per heavy atom. The Bertz CT molecular complexity index is 317. The van der Waals surface area contributed by atoms with Crippen molar-refractivity contribution in [2.45, 2.75) is 31.8 Å². The number of hydrogen-bond donors (Lipinski definition) is 2. The van der Waals surface area contributed by atoms with E-state index in [1.807, 2.05) is 6.07 Å². The van der Waals surface area contributed by atoms with Gasteiger partial charge < -0.3 is 10.6 Å². The van der Waals surface area contributed by atoms with Crippen LogP contribution in [0.2, 0.25) is 0 Å². The standard InChI is InChI=1S/C11H18N4O/c16-11(9-15-8-2-6-14-15)13-7-4-10-3-1-5-12-10/h2,6,8,10,12H,1,3-5,7,9H2,(H,13,16)/t10-/m0/s1. The van der Waals surface area contributed by atoms with Crippen LogP contribution in [0, 0.1) is 0 Å². The van der Waals surface area contributed by atoms with Crippen molar-refractivity contribution in [1.29, 1.82) is 0 Å². The maximum atomic E-state index is 11.5. The largest absolute Gasteiger partial charge is 0.354 e. The Hall–Kier alpha value is -1.36. The lowest BCUT2D eigenvalue weighted by atomic mass is 10.1. The zero-order valence-corrected chi connectivity index (χ0v) is 9.35. The van der Waals surface area contributed by atoms with Crippen molar-refractivity contribution in [1.82, 2.24) is 20.4 Å². The van der Waals surface area contributed by atoms with E-state index >= 15 is 0 Å². The number of nitrogens with zero attached hydrogens (tertiary/aromatic N) is 2. The monoisotopic (exact) mass is 222 g/mol. The van der Waals surface area contributed by atoms with E-state index < -0.39 is 0 Å². The maximum absolute atomic E-state index is 11.5. The fourth-order valence-electron chi connectivity index (χ4n) is 1.99. The smallest absolute Gasteiger partial charge is 0.241 e. The second kappa shape index (κ2) is 5.65. The first-order chi connectivity index (χ1) is 7.84. The number of aromatic nitrogens is 2. The summed E-state index contributed by atoms with van der Waals surface area (Å²) in [5.41, 5.74) is 0. The molecule has 5 nitrogen and oxygen atoms in total. The Morgan fingerprint density at radius 1 is 1.62 bits per heavy atom. The van der Waals surface area contributed by atoms with E-state index in [2.05, 4.69) is 15.7 Å². The summed E-state index contributed by atoms with van der Waals surface area (Å²) in [7, 11) is 0. The van der Waals surface area contributed by atoms with Gasteiger partial charge in [-0.3, -0.25) is 9.48 Å². The summed E-state index contributed by atoms with van der Waals surface area (Å²) in [6.45, 7) is 2.18. The molecule has 1 aromatic rings. The summed E-state index contributed by atoms with van der Waals surface area (Å²) in [6.07, 6.45) is 6.97. The number of carbonyl (C=O) groups is 1. The molecule has 0 aliphatic carbocycles. The van der Waals surface area contributed by atoms with Crippen molar-refractivity contribution in [3.63, 3.8) is 0 Å². The van der Waals surface area contributed by atoms with Gasteiger partial charge in [0.05, 0.1) is 0 Å². The van der Waals surface area contributed by atoms with E-state index in [0.29, 0.717) is 12.6 Å². The molecular formula is C11H18N4O. The summed E-state index contributed by atoms with van der Waals surface area (Å²) in [6, 6.07) is 2.40. The van der Waals surface area contributed by atoms with Gasteiger partial charge in [-0.05, 0) is 31.9 Å². The van der Waals surface area contributed by atoms with Gasteiger partial charge in [0.25, 0.3) is 0 Å². The SMILES string of the molecule is O=C(Cn1cccn1)NCC[C@@H]1CCCN1. The Morgan fingerprint density at radius 2 is 2.56 bits per heavy atom. The van der Waals surface area contributed by atoms with Crippen molar-refractivity contribution >= 4 is 5.91 Å². The molecule has 1 aliphatic heterocycles. The first kappa shape index (κ1) is 11.1. The third kappa shape index (κ3) is 3.34. The van der Waals surface area contributed by atoms with Gasteiger partial charge in [0, 0.05) is 25.0 Å². The predicted molar refractivity (Wildman–Crippen MR) is 60.9 cm³/mol. The van der Waals surface area contributed by atoms with Crippen LogP contribution in [0.4, 0.5) is 0 Å². The van der Waals surface area contributed by atoms with Crippen LogP contribution in [-0.4, -0.2) is 34.8 Å². The van der Waals surface area contributed by atoms with E-state index in [1.54, 1.807) is 17.1 Å². The van der Waals surface area contributed by atoms with Crippen LogP contribution >= 0.6 is 0 Å². The highest BCUT2D eigenvalue weighted by Crippen LogP contribution is 2.07. The van der Waals surface area contributed by atoms with E-state index in [-0.39, 0.29) is 5.91 Å². The molecule has 0 aromatic carbocycles. The van der Waals surface area contributed by atoms with Crippen molar-refractivity contribution in [3.8, 4) is 0 Å². The lowest BCUT2D eigenvalue weighted by molar-refractivity contribution is -0.121. The molecule has 2 heterocycles. The third-order valence-corrected chi connectivity index (χ3v) is 2.84. The normalized spacial score (nSPS) is 19.9. The summed E-state index contributed by atoms with van der Waals surface area (Å²) >= 11 is 0. The third-order valence-electron chi connectivity index (χ3n) is 2.84. The van der Waals surface area contributed by atoms with Gasteiger partial charge in [0.15, 0.2) is 0 Å². The zero-order valence-electron chi connectivity index (χ0n) is 9.35. The predicted octanol–water partition coefficient (Wildman–Crippen LogP) is 0.141. The van der Waals surface area contributed by atoms with Crippen LogP contribution < -0.4 is 10.6 Å². The molecule has 1 saturated heterocycles. The van der Waals surface area contributed by atoms with Crippen LogP contribution in [0.15, 0.2) is 18.5 Å². The average Bonchev–Trinajstić information content (AvgIpc) is 2.90. The Kier molecular flexibility index (Phi) is 3.93. The number of amides is 1. The molecule has 1 aliphatic rings. The van der Waals surface area contributed by atoms with Crippen LogP contribution in [0.25, 0.3) is 0 Å². The fourth-order valence-corrected chi connectivity index (χ4v) is 1.99. The average molecular weight is 222 g/mol. The van der Waals surface area contributed by atoms with E-state index in [9.17, 15) is 4.79 Å². The van der Waals surface area contributed by atoms with E-state index in [1.165, 1.54) is 12.8 Å². The summed E-state index contributed by atoms with van der Waals surface area (Å²) in [4.78, 5) is 11.5. The number of rotatable bonds is 5. The van der Waals surface area contributed by atoms with Crippen LogP contribution in [0.5, 0.6) is 0 Å². The molecule has 88 valence electrons. The molecule has 0 unspecified atom stereocenters. The molecule has 2 rings (SSSR count). The molecular weight excluding hydrogens is 204 g/mol. The lowest BCUT2D eigenvalue weighted by Gasteiger charge is -2.10. The second-order valence-electron chi connectivity index (χ2n) is 4.14. The maximum Gasteiger partial charge on any atom is 0.241 e. The molecule has 0 spiro atoms. The minimum atomic E-state index is 0.0293. The quantitative estimate of drug-likeness (QED) is 0.745. The molecule has 1 atom stereocenters. The van der Waals surface area contributed by atoms with Gasteiger partial charge in [0.1, 0.15) is 6.54 Å². The molecule has 0 radical (unpaired) electrons. The first-order valence-corrected chi connectivity index (χ1v) is 5.82. The van der Waals surface area contributed by atoms with Crippen molar-refractivity contribution < 1.29 is 4.79 Å². The van der Waals surface area contributed by atoms with Crippen molar-refractivity contribution in [2.75, 3.05) is 13.1 Å². The summed E-state index contributed by atoms with van der Waals surface area (Å²) in [5, 5.41) is 10.3. The van der Waals surface area contributed by atoms with Gasteiger partial charge in [-0.1, -0.05) is 0 Å². The summed E-state index contributed by atoms with van der Waals surface area (Å²) < 4.78 is 1.63. The van der Waals surface area contributed by atoms with E-state index in [4.69, 9.17) is 0 Å². The number of carbonyl (C=O) groups excluding carboxylic acids is 1. The Balaban J connectivity index is 1.60. The van der Waals surface area contributed by atoms with Gasteiger partial charge in [-0.2, -0.15) is 5.10 Å². The first-order valence-electron chi connectivity index (χ1n) is 5.82. The molecule has 16 heavy (non-hydrogen) atoms. The van der Waals surface area contributed by atoms with Crippen LogP contribution in [-0.2, 0) is 11.3 Å². The molecule has 1 aromatic heterocycles. The van der Waals surface area contributed by atoms with Crippen LogP contribution in [0.1, 0.15) is 19.3 Å². The summed E-state index contributed by atoms with van der Waals surface area (Å²) in [5.74, 6) is 0.0293. The Labute approximate surface area is 95.2 Å². The molecule has 0 bridgehead atoms. The molecule has 5 heteroatoms. The zero-order chi connectivity index (χ0) is 11.2. The topological polar surface area (TPSA) is 59.0 Å². The molecule has 1 fully saturated rings. The van der Waals surface area contributed by atoms with Gasteiger partial charge >= 0.3 is 0 Å². The van der Waals surface area contributed by atoms with E-state index in [0.717, 1.165) is 19.5 Å². The lowest BCUT2D eigenvalue weighted by Crippen LogP contribution is -2.32. The van der Waals surface area contributed by atoms with Gasteiger partial charge in [-0.25, -0.2) is 0 Å². The minimum absolute atomic E-state index is 0.0293. The molecule has 1 amide bonds. The highest BCUT2D eigenvalue weighted by Gasteiger charge is 2.13. The number of hydrogen-bond acceptors (Lipinski definition) is 3.